The summed E-state index contributed by atoms with van der Waals surface area (Å²) in [6.07, 6.45) is 3.93. The molecule has 0 fully saturated rings. The number of rotatable bonds is 24. The molecule has 0 unspecified atom stereocenters. The molecule has 0 radical (unpaired) electrons. The largest absolute Gasteiger partial charge is 0.487 e. The van der Waals surface area contributed by atoms with Crippen LogP contribution in [0, 0.1) is 0 Å². The summed E-state index contributed by atoms with van der Waals surface area (Å²) >= 11 is 0. The van der Waals surface area contributed by atoms with Gasteiger partial charge in [0.25, 0.3) is 0 Å². The minimum atomic E-state index is -0.330. The number of hydrogen-bond acceptors (Lipinski definition) is 10. The van der Waals surface area contributed by atoms with Crippen molar-refractivity contribution in [3.05, 3.63) is 59.2 Å². The van der Waals surface area contributed by atoms with Crippen molar-refractivity contribution in [1.29, 1.82) is 0 Å². The summed E-state index contributed by atoms with van der Waals surface area (Å²) in [6, 6.07) is 13.0. The standard InChI is InChI=1S/C31H44O10/c1-4-39-31(32)28-10-7-26(8-11-28)5-6-27-9-12-29(40-23-21-37-19-17-35-15-13-33-2)30(25-27)41-24-22-38-20-18-36-16-14-34-3/h5-12,25H,4,13-24H2,1-3H3. The van der Waals surface area contributed by atoms with E-state index in [4.69, 9.17) is 42.6 Å². The maximum Gasteiger partial charge on any atom is 0.338 e. The average molecular weight is 577 g/mol. The number of carbonyl (C=O) groups excluding carboxylic acids is 1. The van der Waals surface area contributed by atoms with E-state index in [9.17, 15) is 4.79 Å². The van der Waals surface area contributed by atoms with Crippen LogP contribution in [-0.4, -0.2) is 106 Å². The van der Waals surface area contributed by atoms with Gasteiger partial charge in [-0.25, -0.2) is 4.79 Å². The molecule has 0 atom stereocenters. The molecule has 0 aromatic heterocycles. The molecule has 41 heavy (non-hydrogen) atoms. The lowest BCUT2D eigenvalue weighted by molar-refractivity contribution is 0.0160. The Labute approximate surface area is 243 Å². The van der Waals surface area contributed by atoms with Crippen LogP contribution in [0.2, 0.25) is 0 Å². The van der Waals surface area contributed by atoms with E-state index in [1.165, 1.54) is 0 Å². The van der Waals surface area contributed by atoms with Crippen LogP contribution in [0.15, 0.2) is 42.5 Å². The summed E-state index contributed by atoms with van der Waals surface area (Å²) < 4.78 is 48.8. The Bertz CT molecular complexity index is 977. The van der Waals surface area contributed by atoms with E-state index in [1.807, 2.05) is 42.5 Å². The van der Waals surface area contributed by atoms with Crippen LogP contribution in [0.1, 0.15) is 28.4 Å². The van der Waals surface area contributed by atoms with Crippen LogP contribution < -0.4 is 9.47 Å². The average Bonchev–Trinajstić information content (AvgIpc) is 2.99. The Morgan fingerprint density at radius 3 is 1.59 bits per heavy atom. The van der Waals surface area contributed by atoms with E-state index in [0.29, 0.717) is 103 Å². The molecule has 10 nitrogen and oxygen atoms in total. The molecule has 0 aliphatic carbocycles. The van der Waals surface area contributed by atoms with Crippen LogP contribution in [0.25, 0.3) is 12.2 Å². The fourth-order valence-electron chi connectivity index (χ4n) is 3.35. The highest BCUT2D eigenvalue weighted by atomic mass is 16.6. The fraction of sp³-hybridized carbons (Fsp3) is 0.516. The Morgan fingerprint density at radius 1 is 0.585 bits per heavy atom. The summed E-state index contributed by atoms with van der Waals surface area (Å²) in [4.78, 5) is 11.9. The third-order valence-corrected chi connectivity index (χ3v) is 5.44. The Balaban J connectivity index is 1.90. The van der Waals surface area contributed by atoms with Crippen molar-refractivity contribution in [3.8, 4) is 11.5 Å². The predicted molar refractivity (Wildman–Crippen MR) is 156 cm³/mol. The maximum absolute atomic E-state index is 11.9. The molecule has 0 aliphatic heterocycles. The van der Waals surface area contributed by atoms with Crippen molar-refractivity contribution in [1.82, 2.24) is 0 Å². The van der Waals surface area contributed by atoms with E-state index in [1.54, 1.807) is 33.3 Å². The van der Waals surface area contributed by atoms with E-state index in [0.717, 1.165) is 11.1 Å². The van der Waals surface area contributed by atoms with Crippen LogP contribution >= 0.6 is 0 Å². The Kier molecular flexibility index (Phi) is 18.9. The van der Waals surface area contributed by atoms with E-state index in [2.05, 4.69) is 0 Å². The molecule has 0 saturated heterocycles. The number of benzene rings is 2. The van der Waals surface area contributed by atoms with Crippen LogP contribution in [-0.2, 0) is 33.2 Å². The summed E-state index contributed by atoms with van der Waals surface area (Å²) in [5, 5.41) is 0. The molecule has 228 valence electrons. The number of hydrogen-bond donors (Lipinski definition) is 0. The zero-order valence-electron chi connectivity index (χ0n) is 24.5. The van der Waals surface area contributed by atoms with Crippen molar-refractivity contribution in [2.45, 2.75) is 6.92 Å². The number of esters is 1. The third-order valence-electron chi connectivity index (χ3n) is 5.44. The minimum Gasteiger partial charge on any atom is -0.487 e. The van der Waals surface area contributed by atoms with Gasteiger partial charge in [-0.15, -0.1) is 0 Å². The summed E-state index contributed by atoms with van der Waals surface area (Å²) in [5.41, 5.74) is 2.40. The number of methoxy groups -OCH3 is 2. The van der Waals surface area contributed by atoms with Crippen molar-refractivity contribution in [2.24, 2.45) is 0 Å². The third kappa shape index (κ3) is 15.6. The van der Waals surface area contributed by atoms with Gasteiger partial charge in [-0.2, -0.15) is 0 Å². The molecule has 0 bridgehead atoms. The second-order valence-corrected chi connectivity index (χ2v) is 8.51. The highest BCUT2D eigenvalue weighted by Gasteiger charge is 2.08. The zero-order chi connectivity index (χ0) is 29.4. The topological polar surface area (TPSA) is 100 Å². The van der Waals surface area contributed by atoms with Crippen LogP contribution in [0.5, 0.6) is 11.5 Å². The first-order valence-corrected chi connectivity index (χ1v) is 13.8. The molecule has 10 heteroatoms. The van der Waals surface area contributed by atoms with Crippen LogP contribution in [0.3, 0.4) is 0 Å². The first-order chi connectivity index (χ1) is 20.2. The van der Waals surface area contributed by atoms with Gasteiger partial charge in [0.05, 0.1) is 78.2 Å². The fourth-order valence-corrected chi connectivity index (χ4v) is 3.35. The highest BCUT2D eigenvalue weighted by molar-refractivity contribution is 5.89. The summed E-state index contributed by atoms with van der Waals surface area (Å²) in [6.45, 7) is 7.83. The normalized spacial score (nSPS) is 11.2. The molecule has 2 aromatic carbocycles. The second kappa shape index (κ2) is 22.7. The smallest absolute Gasteiger partial charge is 0.338 e. The van der Waals surface area contributed by atoms with E-state index in [-0.39, 0.29) is 5.97 Å². The van der Waals surface area contributed by atoms with Crippen molar-refractivity contribution in [3.63, 3.8) is 0 Å². The van der Waals surface area contributed by atoms with Gasteiger partial charge in [-0.1, -0.05) is 30.4 Å². The summed E-state index contributed by atoms with van der Waals surface area (Å²) in [5.74, 6) is 0.889. The molecular weight excluding hydrogens is 532 g/mol. The van der Waals surface area contributed by atoms with Gasteiger partial charge in [0.2, 0.25) is 0 Å². The van der Waals surface area contributed by atoms with Gasteiger partial charge < -0.3 is 42.6 Å². The van der Waals surface area contributed by atoms with Gasteiger partial charge in [0.15, 0.2) is 11.5 Å². The molecular formula is C31H44O10. The quantitative estimate of drug-likeness (QED) is 0.103. The Hall–Kier alpha value is -2.99. The molecule has 0 heterocycles. The van der Waals surface area contributed by atoms with Crippen molar-refractivity contribution >= 4 is 18.1 Å². The first-order valence-electron chi connectivity index (χ1n) is 13.8. The molecule has 0 spiro atoms. The van der Waals surface area contributed by atoms with Gasteiger partial charge in [0.1, 0.15) is 13.2 Å². The maximum atomic E-state index is 11.9. The summed E-state index contributed by atoms with van der Waals surface area (Å²) in [7, 11) is 3.28. The second-order valence-electron chi connectivity index (χ2n) is 8.51. The van der Waals surface area contributed by atoms with E-state index >= 15 is 0 Å². The van der Waals surface area contributed by atoms with Crippen molar-refractivity contribution < 1.29 is 47.4 Å². The molecule has 2 rings (SSSR count). The van der Waals surface area contributed by atoms with Gasteiger partial charge >= 0.3 is 5.97 Å². The number of carbonyl (C=O) groups is 1. The molecule has 0 saturated carbocycles. The molecule has 2 aromatic rings. The Morgan fingerprint density at radius 2 is 1.05 bits per heavy atom. The van der Waals surface area contributed by atoms with E-state index < -0.39 is 0 Å². The zero-order valence-corrected chi connectivity index (χ0v) is 24.5. The van der Waals surface area contributed by atoms with Gasteiger partial charge in [-0.05, 0) is 42.3 Å². The lowest BCUT2D eigenvalue weighted by Gasteiger charge is -2.14. The predicted octanol–water partition coefficient (Wildman–Crippen LogP) is 4.15. The monoisotopic (exact) mass is 576 g/mol. The molecule has 0 amide bonds. The first kappa shape index (κ1) is 34.2. The highest BCUT2D eigenvalue weighted by Crippen LogP contribution is 2.29. The van der Waals surface area contributed by atoms with Crippen molar-refractivity contribution in [2.75, 3.05) is 100 Å². The SMILES string of the molecule is CCOC(=O)c1ccc(C=Cc2ccc(OCCOCCOCCOC)c(OCCOCCOCCOC)c2)cc1. The van der Waals surface area contributed by atoms with Crippen LogP contribution in [0.4, 0.5) is 0 Å². The van der Waals surface area contributed by atoms with Gasteiger partial charge in [0, 0.05) is 14.2 Å². The van der Waals surface area contributed by atoms with Gasteiger partial charge in [-0.3, -0.25) is 0 Å². The molecule has 0 aliphatic rings. The lowest BCUT2D eigenvalue weighted by Crippen LogP contribution is -2.14. The number of ether oxygens (including phenoxy) is 9. The molecule has 0 N–H and O–H groups in total. The minimum absolute atomic E-state index is 0.330. The lowest BCUT2D eigenvalue weighted by atomic mass is 10.1.